The highest BCUT2D eigenvalue weighted by atomic mass is 16.4. The van der Waals surface area contributed by atoms with E-state index in [1.807, 2.05) is 37.2 Å². The second-order valence-electron chi connectivity index (χ2n) is 3.91. The van der Waals surface area contributed by atoms with Crippen molar-refractivity contribution in [2.45, 2.75) is 20.8 Å². The predicted octanol–water partition coefficient (Wildman–Crippen LogP) is -4.24. The molecular weight excluding hydrogens is 360 g/mol. The molecule has 3 aromatic heterocycles. The molecule has 27 heavy (non-hydrogen) atoms. The molecule has 0 atom stereocenters. The van der Waals surface area contributed by atoms with Gasteiger partial charge in [0.15, 0.2) is 0 Å². The molecule has 0 aliphatic heterocycles. The molecule has 6 N–H and O–H groups in total. The van der Waals surface area contributed by atoms with Crippen molar-refractivity contribution in [2.24, 2.45) is 0 Å². The van der Waals surface area contributed by atoms with Gasteiger partial charge >= 0.3 is 0 Å². The van der Waals surface area contributed by atoms with E-state index in [0.717, 1.165) is 20.8 Å². The first-order valence-corrected chi connectivity index (χ1v) is 7.19. The number of imidazole rings is 3. The number of carbonyl (C=O) groups excluding carboxylic acids is 3. The van der Waals surface area contributed by atoms with Crippen LogP contribution in [0.15, 0.2) is 56.2 Å². The summed E-state index contributed by atoms with van der Waals surface area (Å²) in [6.45, 7) is 2.92. The zero-order valence-electron chi connectivity index (χ0n) is 15.1. The Morgan fingerprint density at radius 3 is 0.815 bits per heavy atom. The van der Waals surface area contributed by atoms with Crippen molar-refractivity contribution >= 4 is 17.9 Å². The van der Waals surface area contributed by atoms with Gasteiger partial charge in [-0.25, -0.2) is 0 Å². The summed E-state index contributed by atoms with van der Waals surface area (Å²) in [7, 11) is 0. The Morgan fingerprint density at radius 2 is 0.778 bits per heavy atom. The van der Waals surface area contributed by atoms with Gasteiger partial charge in [-0.1, -0.05) is 0 Å². The summed E-state index contributed by atoms with van der Waals surface area (Å²) in [5.74, 6) is -3.25. The van der Waals surface area contributed by atoms with Crippen molar-refractivity contribution < 1.29 is 44.7 Å². The number of nitrogens with one attached hydrogen (secondary N) is 6. The lowest BCUT2D eigenvalue weighted by Crippen LogP contribution is -2.16. The fraction of sp³-hybridized carbons (Fsp3) is 0.200. The molecule has 0 unspecified atom stereocenters. The number of carboxylic acids is 3. The van der Waals surface area contributed by atoms with Crippen molar-refractivity contribution in [1.29, 1.82) is 0 Å². The first-order valence-electron chi connectivity index (χ1n) is 7.19. The summed E-state index contributed by atoms with van der Waals surface area (Å²) in [5, 5.41) is 26.7. The maximum atomic E-state index is 8.89. The number of carboxylic acid groups (broad SMARTS) is 3. The topological polar surface area (TPSA) is 210 Å². The number of aromatic amines is 6. The second-order valence-corrected chi connectivity index (χ2v) is 3.91. The molecule has 3 aromatic rings. The zero-order valence-corrected chi connectivity index (χ0v) is 15.1. The van der Waals surface area contributed by atoms with E-state index in [2.05, 4.69) is 29.9 Å². The van der Waals surface area contributed by atoms with Crippen LogP contribution in [0.1, 0.15) is 20.8 Å². The first kappa shape index (κ1) is 27.9. The molecule has 0 saturated heterocycles. The SMILES string of the molecule is CC(=O)[O-].CC(=O)[O-].CC(=O)[O-].c1c[nH+]c[nH]1.c1c[nH+]c[nH]1.c1c[nH+]c[nH]1. The van der Waals surface area contributed by atoms with Gasteiger partial charge in [-0.3, -0.25) is 29.9 Å². The minimum Gasteiger partial charge on any atom is -0.550 e. The van der Waals surface area contributed by atoms with Gasteiger partial charge in [-0.15, -0.1) is 0 Å². The van der Waals surface area contributed by atoms with Gasteiger partial charge in [-0.05, 0) is 20.8 Å². The zero-order chi connectivity index (χ0) is 21.3. The lowest BCUT2D eigenvalue weighted by Gasteiger charge is -1.77. The normalized spacial score (nSPS) is 7.22. The number of hydrogen-bond acceptors (Lipinski definition) is 6. The molecule has 0 aromatic carbocycles. The van der Waals surface area contributed by atoms with Gasteiger partial charge in [0.2, 0.25) is 19.0 Å². The monoisotopic (exact) mass is 384 g/mol. The van der Waals surface area contributed by atoms with Crippen LogP contribution in [-0.2, 0) is 14.4 Å². The van der Waals surface area contributed by atoms with Gasteiger partial charge in [0, 0.05) is 17.9 Å². The van der Waals surface area contributed by atoms with E-state index in [4.69, 9.17) is 29.7 Å². The summed E-state index contributed by atoms with van der Waals surface area (Å²) < 4.78 is 0. The van der Waals surface area contributed by atoms with Gasteiger partial charge in [-0.2, -0.15) is 0 Å². The fourth-order valence-corrected chi connectivity index (χ4v) is 0.722. The van der Waals surface area contributed by atoms with Gasteiger partial charge in [0.05, 0.1) is 0 Å². The number of aliphatic carboxylic acids is 3. The van der Waals surface area contributed by atoms with Crippen LogP contribution in [0.4, 0.5) is 0 Å². The third kappa shape index (κ3) is 72.6. The van der Waals surface area contributed by atoms with E-state index in [9.17, 15) is 0 Å². The highest BCUT2D eigenvalue weighted by Gasteiger charge is 1.66. The lowest BCUT2D eigenvalue weighted by atomic mass is 10.9. The second kappa shape index (κ2) is 24.3. The van der Waals surface area contributed by atoms with E-state index in [1.54, 1.807) is 19.0 Å². The number of rotatable bonds is 0. The highest BCUT2D eigenvalue weighted by Crippen LogP contribution is 1.54. The van der Waals surface area contributed by atoms with Gasteiger partial charge < -0.3 is 29.7 Å². The molecule has 12 heteroatoms. The number of hydrogen-bond donors (Lipinski definition) is 3. The quantitative estimate of drug-likeness (QED) is 0.349. The van der Waals surface area contributed by atoms with Gasteiger partial charge in [0.1, 0.15) is 37.2 Å². The summed E-state index contributed by atoms with van der Waals surface area (Å²) in [6, 6.07) is 0. The van der Waals surface area contributed by atoms with Crippen LogP contribution in [0, 0.1) is 0 Å². The first-order chi connectivity index (χ1) is 12.7. The van der Waals surface area contributed by atoms with Crippen LogP contribution in [0.5, 0.6) is 0 Å². The van der Waals surface area contributed by atoms with Gasteiger partial charge in [0.25, 0.3) is 0 Å². The number of aromatic nitrogens is 6. The van der Waals surface area contributed by atoms with E-state index < -0.39 is 17.9 Å². The van der Waals surface area contributed by atoms with Crippen molar-refractivity contribution in [3.8, 4) is 0 Å². The lowest BCUT2D eigenvalue weighted by molar-refractivity contribution is -0.376. The smallest absolute Gasteiger partial charge is 0.239 e. The molecule has 12 nitrogen and oxygen atoms in total. The Bertz CT molecular complexity index is 471. The molecule has 0 bridgehead atoms. The molecule has 0 amide bonds. The molecule has 3 heterocycles. The van der Waals surface area contributed by atoms with Crippen LogP contribution >= 0.6 is 0 Å². The Hall–Kier alpha value is -3.96. The summed E-state index contributed by atoms with van der Waals surface area (Å²) in [4.78, 5) is 43.5. The molecule has 0 radical (unpaired) electrons. The summed E-state index contributed by atoms with van der Waals surface area (Å²) in [6.07, 6.45) is 16.2. The Balaban J connectivity index is -0.000000258. The molecule has 0 spiro atoms. The summed E-state index contributed by atoms with van der Waals surface area (Å²) >= 11 is 0. The molecular formula is C15H24N6O6. The molecule has 3 rings (SSSR count). The molecule has 0 aliphatic rings. The Labute approximate surface area is 155 Å². The highest BCUT2D eigenvalue weighted by molar-refractivity contribution is 5.60. The van der Waals surface area contributed by atoms with E-state index in [0.29, 0.717) is 0 Å². The van der Waals surface area contributed by atoms with Crippen LogP contribution in [0.2, 0.25) is 0 Å². The third-order valence-corrected chi connectivity index (χ3v) is 1.33. The van der Waals surface area contributed by atoms with E-state index in [-0.39, 0.29) is 0 Å². The maximum absolute atomic E-state index is 8.89. The van der Waals surface area contributed by atoms with E-state index >= 15 is 0 Å². The number of H-pyrrole nitrogens is 6. The van der Waals surface area contributed by atoms with Crippen molar-refractivity contribution in [2.75, 3.05) is 0 Å². The Morgan fingerprint density at radius 1 is 0.593 bits per heavy atom. The van der Waals surface area contributed by atoms with Crippen LogP contribution < -0.4 is 30.3 Å². The molecule has 0 aliphatic carbocycles. The molecule has 0 saturated carbocycles. The minimum atomic E-state index is -1.08. The third-order valence-electron chi connectivity index (χ3n) is 1.33. The summed E-state index contributed by atoms with van der Waals surface area (Å²) in [5.41, 5.74) is 0. The van der Waals surface area contributed by atoms with Crippen molar-refractivity contribution in [1.82, 2.24) is 15.0 Å². The standard InChI is InChI=1S/3C3H4N2.3C2H4O2/c3*1-2-5-3-4-1;3*1-2(3)4/h3*1-3H,(H,4,5);3*1H3,(H,3,4). The fourth-order valence-electron chi connectivity index (χ4n) is 0.722. The van der Waals surface area contributed by atoms with Crippen LogP contribution in [-0.4, -0.2) is 32.9 Å². The van der Waals surface area contributed by atoms with Crippen molar-refractivity contribution in [3.05, 3.63) is 56.2 Å². The van der Waals surface area contributed by atoms with Crippen molar-refractivity contribution in [3.63, 3.8) is 0 Å². The maximum Gasteiger partial charge on any atom is 0.239 e. The largest absolute Gasteiger partial charge is 0.550 e. The number of carbonyl (C=O) groups is 3. The average Bonchev–Trinajstić information content (AvgIpc) is 3.31. The van der Waals surface area contributed by atoms with E-state index in [1.165, 1.54) is 0 Å². The average molecular weight is 384 g/mol. The Kier molecular flexibility index (Phi) is 25.1. The minimum absolute atomic E-state index is 0.972. The predicted molar refractivity (Wildman–Crippen MR) is 84.1 cm³/mol. The van der Waals surface area contributed by atoms with Crippen LogP contribution in [0.3, 0.4) is 0 Å². The van der Waals surface area contributed by atoms with Crippen LogP contribution in [0.25, 0.3) is 0 Å². The molecule has 150 valence electrons. The molecule has 0 fully saturated rings.